The molecule has 68 valence electrons. The van der Waals surface area contributed by atoms with Crippen molar-refractivity contribution in [3.63, 3.8) is 0 Å². The second-order valence-corrected chi connectivity index (χ2v) is 4.97. The molecule has 0 unspecified atom stereocenters. The van der Waals surface area contributed by atoms with Gasteiger partial charge < -0.3 is 0 Å². The molecule has 0 aromatic heterocycles. The van der Waals surface area contributed by atoms with Crippen LogP contribution in [0.1, 0.15) is 29.4 Å². The molecule has 4 atom stereocenters. The summed E-state index contributed by atoms with van der Waals surface area (Å²) in [6.07, 6.45) is 1.15. The topological polar surface area (TPSA) is 0 Å². The predicted molar refractivity (Wildman–Crippen MR) is 55.8 cm³/mol. The Balaban J connectivity index is 2.16. The Labute approximate surface area is 87.9 Å². The first-order valence-corrected chi connectivity index (χ1v) is 5.53. The van der Waals surface area contributed by atoms with Crippen molar-refractivity contribution in [1.82, 2.24) is 0 Å². The van der Waals surface area contributed by atoms with Crippen LogP contribution in [0.15, 0.2) is 24.3 Å². The first-order valence-electron chi connectivity index (χ1n) is 4.66. The fourth-order valence-electron chi connectivity index (χ4n) is 2.76. The largest absolute Gasteiger partial charge is 0.121 e. The molecule has 0 nitrogen and oxygen atoms in total. The van der Waals surface area contributed by atoms with Crippen molar-refractivity contribution < 1.29 is 0 Å². The fraction of sp³-hybridized carbons (Fsp3) is 0.455. The van der Waals surface area contributed by atoms with E-state index in [1.54, 1.807) is 0 Å². The SMILES string of the molecule is Cl[C@@H]1[C@H](Cl)[C@H]2C[C@H]1c1ccccc12. The van der Waals surface area contributed by atoms with Gasteiger partial charge in [0.05, 0.1) is 10.8 Å². The van der Waals surface area contributed by atoms with E-state index in [9.17, 15) is 0 Å². The van der Waals surface area contributed by atoms with Crippen LogP contribution in [0.4, 0.5) is 0 Å². The van der Waals surface area contributed by atoms with Crippen molar-refractivity contribution in [2.24, 2.45) is 0 Å². The van der Waals surface area contributed by atoms with Gasteiger partial charge in [-0.1, -0.05) is 24.3 Å². The Morgan fingerprint density at radius 2 is 1.38 bits per heavy atom. The summed E-state index contributed by atoms with van der Waals surface area (Å²) in [6.45, 7) is 0. The predicted octanol–water partition coefficient (Wildman–Crippen LogP) is 3.49. The van der Waals surface area contributed by atoms with Gasteiger partial charge in [0.15, 0.2) is 0 Å². The molecule has 0 amide bonds. The summed E-state index contributed by atoms with van der Waals surface area (Å²) in [4.78, 5) is 0. The van der Waals surface area contributed by atoms with Gasteiger partial charge in [0.2, 0.25) is 0 Å². The summed E-state index contributed by atoms with van der Waals surface area (Å²) in [5.74, 6) is 1.01. The minimum Gasteiger partial charge on any atom is -0.121 e. The number of alkyl halides is 2. The number of hydrogen-bond acceptors (Lipinski definition) is 0. The van der Waals surface area contributed by atoms with Crippen LogP contribution >= 0.6 is 23.2 Å². The molecule has 1 saturated carbocycles. The highest BCUT2D eigenvalue weighted by molar-refractivity contribution is 6.31. The number of halogens is 2. The molecule has 13 heavy (non-hydrogen) atoms. The van der Waals surface area contributed by atoms with Crippen molar-refractivity contribution in [2.75, 3.05) is 0 Å². The lowest BCUT2D eigenvalue weighted by Crippen LogP contribution is -2.22. The van der Waals surface area contributed by atoms with Gasteiger partial charge in [0, 0.05) is 11.8 Å². The normalized spacial score (nSPS) is 40.8. The Morgan fingerprint density at radius 1 is 0.923 bits per heavy atom. The summed E-state index contributed by atoms with van der Waals surface area (Å²) < 4.78 is 0. The third-order valence-electron chi connectivity index (χ3n) is 3.38. The third-order valence-corrected chi connectivity index (χ3v) is 4.66. The first kappa shape index (κ1) is 8.14. The molecule has 1 aromatic carbocycles. The molecule has 2 aliphatic carbocycles. The molecule has 0 saturated heterocycles. The lowest BCUT2D eigenvalue weighted by molar-refractivity contribution is 0.735. The molecule has 0 spiro atoms. The molecule has 0 N–H and O–H groups in total. The van der Waals surface area contributed by atoms with Gasteiger partial charge in [-0.3, -0.25) is 0 Å². The fourth-order valence-corrected chi connectivity index (χ4v) is 3.59. The monoisotopic (exact) mass is 212 g/mol. The van der Waals surface area contributed by atoms with Crippen molar-refractivity contribution in [3.05, 3.63) is 35.4 Å². The Hall–Kier alpha value is -0.200. The average Bonchev–Trinajstić information content (AvgIpc) is 2.66. The average molecular weight is 213 g/mol. The van der Waals surface area contributed by atoms with Crippen LogP contribution in [0, 0.1) is 0 Å². The minimum absolute atomic E-state index is 0.140. The van der Waals surface area contributed by atoms with E-state index in [1.807, 2.05) is 0 Å². The maximum Gasteiger partial charge on any atom is 0.0574 e. The molecular formula is C11H10Cl2. The molecule has 0 radical (unpaired) electrons. The molecule has 2 aliphatic rings. The van der Waals surface area contributed by atoms with E-state index in [4.69, 9.17) is 23.2 Å². The van der Waals surface area contributed by atoms with Crippen molar-refractivity contribution >= 4 is 23.2 Å². The Bertz CT molecular complexity index is 315. The summed E-state index contributed by atoms with van der Waals surface area (Å²) in [6, 6.07) is 8.56. The third kappa shape index (κ3) is 0.936. The molecule has 1 fully saturated rings. The van der Waals surface area contributed by atoms with Gasteiger partial charge >= 0.3 is 0 Å². The van der Waals surface area contributed by atoms with Gasteiger partial charge in [0.25, 0.3) is 0 Å². The quantitative estimate of drug-likeness (QED) is 0.578. The molecule has 1 aromatic rings. The molecule has 3 rings (SSSR count). The highest BCUT2D eigenvalue weighted by atomic mass is 35.5. The molecule has 0 heterocycles. The molecule has 0 aliphatic heterocycles. The van der Waals surface area contributed by atoms with Crippen molar-refractivity contribution in [2.45, 2.75) is 29.0 Å². The highest BCUT2D eigenvalue weighted by Crippen LogP contribution is 2.56. The molecule has 2 heteroatoms. The zero-order chi connectivity index (χ0) is 9.00. The van der Waals surface area contributed by atoms with Crippen molar-refractivity contribution in [1.29, 1.82) is 0 Å². The van der Waals surface area contributed by atoms with Gasteiger partial charge in [-0.15, -0.1) is 23.2 Å². The number of benzene rings is 1. The number of hydrogen-bond donors (Lipinski definition) is 0. The van der Waals surface area contributed by atoms with E-state index in [0.29, 0.717) is 11.8 Å². The Kier molecular flexibility index (Phi) is 1.66. The molecular weight excluding hydrogens is 203 g/mol. The second kappa shape index (κ2) is 2.65. The van der Waals surface area contributed by atoms with E-state index in [0.717, 1.165) is 6.42 Å². The number of rotatable bonds is 0. The number of fused-ring (bicyclic) bond motifs is 5. The standard InChI is InChI=1S/C11H10Cl2/c12-10-8-5-9(11(10)13)7-4-2-1-3-6(7)8/h1-4,8-11H,5H2/t8-,9-,10-,11+/m0/s1. The van der Waals surface area contributed by atoms with Crippen LogP contribution in [0.2, 0.25) is 0 Å². The minimum atomic E-state index is 0.140. The maximum absolute atomic E-state index is 6.26. The summed E-state index contributed by atoms with van der Waals surface area (Å²) >= 11 is 12.5. The summed E-state index contributed by atoms with van der Waals surface area (Å²) in [5, 5.41) is 0.281. The molecule has 2 bridgehead atoms. The van der Waals surface area contributed by atoms with Crippen LogP contribution in [-0.4, -0.2) is 10.8 Å². The first-order chi connectivity index (χ1) is 6.29. The van der Waals surface area contributed by atoms with Gasteiger partial charge in [-0.05, 0) is 17.5 Å². The van der Waals surface area contributed by atoms with Crippen LogP contribution in [0.25, 0.3) is 0 Å². The van der Waals surface area contributed by atoms with Crippen LogP contribution in [-0.2, 0) is 0 Å². The van der Waals surface area contributed by atoms with Gasteiger partial charge in [0.1, 0.15) is 0 Å². The van der Waals surface area contributed by atoms with Crippen LogP contribution < -0.4 is 0 Å². The van der Waals surface area contributed by atoms with E-state index < -0.39 is 0 Å². The van der Waals surface area contributed by atoms with Crippen LogP contribution in [0.5, 0.6) is 0 Å². The Morgan fingerprint density at radius 3 is 1.85 bits per heavy atom. The lowest BCUT2D eigenvalue weighted by Gasteiger charge is -2.23. The van der Waals surface area contributed by atoms with E-state index in [1.165, 1.54) is 11.1 Å². The summed E-state index contributed by atoms with van der Waals surface area (Å²) in [7, 11) is 0. The zero-order valence-corrected chi connectivity index (χ0v) is 8.59. The smallest absolute Gasteiger partial charge is 0.0574 e. The van der Waals surface area contributed by atoms with Gasteiger partial charge in [-0.25, -0.2) is 0 Å². The van der Waals surface area contributed by atoms with Gasteiger partial charge in [-0.2, -0.15) is 0 Å². The maximum atomic E-state index is 6.26. The highest BCUT2D eigenvalue weighted by Gasteiger charge is 2.49. The van der Waals surface area contributed by atoms with E-state index >= 15 is 0 Å². The van der Waals surface area contributed by atoms with E-state index in [-0.39, 0.29) is 10.8 Å². The van der Waals surface area contributed by atoms with Crippen molar-refractivity contribution in [3.8, 4) is 0 Å². The summed E-state index contributed by atoms with van der Waals surface area (Å²) in [5.41, 5.74) is 2.87. The van der Waals surface area contributed by atoms with E-state index in [2.05, 4.69) is 24.3 Å². The lowest BCUT2D eigenvalue weighted by atomic mass is 9.91. The zero-order valence-electron chi connectivity index (χ0n) is 7.08. The van der Waals surface area contributed by atoms with Crippen LogP contribution in [0.3, 0.4) is 0 Å². The second-order valence-electron chi connectivity index (χ2n) is 3.97.